The Bertz CT molecular complexity index is 775. The highest BCUT2D eigenvalue weighted by atomic mass is 79.9. The molecular weight excluding hydrogens is 414 g/mol. The van der Waals surface area contributed by atoms with Crippen molar-refractivity contribution in [3.05, 3.63) is 45.4 Å². The molecule has 0 N–H and O–H groups in total. The van der Waals surface area contributed by atoms with E-state index in [-0.39, 0.29) is 12.0 Å². The minimum absolute atomic E-state index is 0.0927. The molecule has 1 aliphatic carbocycles. The molecule has 1 atom stereocenters. The second kappa shape index (κ2) is 7.76. The average molecular weight is 436 g/mol. The number of morpholine rings is 1. The number of hydrogen-bond donors (Lipinski definition) is 0. The van der Waals surface area contributed by atoms with Gasteiger partial charge >= 0.3 is 0 Å². The summed E-state index contributed by atoms with van der Waals surface area (Å²) in [6.45, 7) is 4.90. The van der Waals surface area contributed by atoms with E-state index in [2.05, 4.69) is 50.5 Å². The van der Waals surface area contributed by atoms with Crippen molar-refractivity contribution >= 4 is 38.3 Å². The lowest BCUT2D eigenvalue weighted by Gasteiger charge is -2.32. The van der Waals surface area contributed by atoms with Crippen LogP contribution in [0.1, 0.15) is 37.1 Å². The topological polar surface area (TPSA) is 45.7 Å². The van der Waals surface area contributed by atoms with Crippen LogP contribution in [0, 0.1) is 0 Å². The third-order valence-corrected chi connectivity index (χ3v) is 6.19. The number of anilines is 1. The molecular formula is C19H22BrN3O2S. The number of carbonyl (C=O) groups is 1. The Morgan fingerprint density at radius 3 is 2.85 bits per heavy atom. The third-order valence-electron chi connectivity index (χ3n) is 4.77. The van der Waals surface area contributed by atoms with E-state index in [0.29, 0.717) is 6.04 Å². The molecule has 4 rings (SSSR count). The monoisotopic (exact) mass is 435 g/mol. The molecule has 1 aliphatic heterocycles. The number of halogens is 1. The summed E-state index contributed by atoms with van der Waals surface area (Å²) in [5, 5.41) is 2.92. The molecule has 2 aliphatic rings. The minimum Gasteiger partial charge on any atom is -0.371 e. The molecule has 138 valence electrons. The van der Waals surface area contributed by atoms with E-state index in [1.54, 1.807) is 18.3 Å². The highest BCUT2D eigenvalue weighted by Gasteiger charge is 2.34. The maximum atomic E-state index is 11.9. The van der Waals surface area contributed by atoms with Gasteiger partial charge in [0.2, 0.25) is 5.91 Å². The fourth-order valence-corrected chi connectivity index (χ4v) is 4.51. The Morgan fingerprint density at radius 2 is 2.15 bits per heavy atom. The van der Waals surface area contributed by atoms with Crippen molar-refractivity contribution in [2.45, 2.75) is 38.5 Å². The molecule has 1 saturated heterocycles. The van der Waals surface area contributed by atoms with Crippen LogP contribution in [0.5, 0.6) is 0 Å². The summed E-state index contributed by atoms with van der Waals surface area (Å²) in [5.74, 6) is 0.0927. The molecule has 1 saturated carbocycles. The van der Waals surface area contributed by atoms with Gasteiger partial charge in [-0.1, -0.05) is 28.1 Å². The van der Waals surface area contributed by atoms with Crippen molar-refractivity contribution < 1.29 is 9.53 Å². The van der Waals surface area contributed by atoms with E-state index in [1.807, 2.05) is 4.90 Å². The lowest BCUT2D eigenvalue weighted by atomic mass is 10.1. The summed E-state index contributed by atoms with van der Waals surface area (Å²) < 4.78 is 7.04. The zero-order valence-electron chi connectivity index (χ0n) is 14.7. The van der Waals surface area contributed by atoms with Crippen LogP contribution in [-0.4, -0.2) is 41.5 Å². The number of rotatable bonds is 5. The van der Waals surface area contributed by atoms with Crippen molar-refractivity contribution in [3.8, 4) is 0 Å². The van der Waals surface area contributed by atoms with Crippen LogP contribution in [0.15, 0.2) is 34.1 Å². The van der Waals surface area contributed by atoms with Gasteiger partial charge in [0.05, 0.1) is 18.4 Å². The molecule has 2 fully saturated rings. The van der Waals surface area contributed by atoms with Gasteiger partial charge in [-0.05, 0) is 30.5 Å². The van der Waals surface area contributed by atoms with Crippen LogP contribution in [-0.2, 0) is 16.1 Å². The third kappa shape index (κ3) is 4.17. The number of carbonyl (C=O) groups excluding carboxylic acids is 1. The van der Waals surface area contributed by atoms with Crippen LogP contribution in [0.2, 0.25) is 0 Å². The molecule has 0 spiro atoms. The smallest absolute Gasteiger partial charge is 0.225 e. The molecule has 1 aromatic heterocycles. The van der Waals surface area contributed by atoms with Crippen molar-refractivity contribution in [1.82, 2.24) is 9.88 Å². The predicted octanol–water partition coefficient (Wildman–Crippen LogP) is 3.99. The molecule has 26 heavy (non-hydrogen) atoms. The highest BCUT2D eigenvalue weighted by molar-refractivity contribution is 9.10. The predicted molar refractivity (Wildman–Crippen MR) is 106 cm³/mol. The van der Waals surface area contributed by atoms with Gasteiger partial charge in [-0.15, -0.1) is 11.3 Å². The van der Waals surface area contributed by atoms with Gasteiger partial charge in [-0.2, -0.15) is 0 Å². The van der Waals surface area contributed by atoms with E-state index in [1.165, 1.54) is 5.56 Å². The van der Waals surface area contributed by atoms with Crippen LogP contribution < -0.4 is 4.90 Å². The molecule has 0 radical (unpaired) electrons. The molecule has 1 aromatic carbocycles. The lowest BCUT2D eigenvalue weighted by molar-refractivity contribution is -0.116. The van der Waals surface area contributed by atoms with Crippen molar-refractivity contribution in [1.29, 1.82) is 0 Å². The Balaban J connectivity index is 1.41. The van der Waals surface area contributed by atoms with E-state index in [0.717, 1.165) is 54.4 Å². The summed E-state index contributed by atoms with van der Waals surface area (Å²) >= 11 is 5.05. The molecule has 0 bridgehead atoms. The number of nitrogens with zero attached hydrogens (tertiary/aromatic N) is 3. The number of amides is 1. The Kier molecular flexibility index (Phi) is 5.40. The fourth-order valence-electron chi connectivity index (χ4n) is 3.31. The number of aromatic nitrogens is 1. The summed E-state index contributed by atoms with van der Waals surface area (Å²) in [6, 6.07) is 8.69. The van der Waals surface area contributed by atoms with E-state index >= 15 is 0 Å². The van der Waals surface area contributed by atoms with Gasteiger partial charge < -0.3 is 4.74 Å². The number of thiazole rings is 1. The first-order valence-corrected chi connectivity index (χ1v) is 10.6. The second-order valence-corrected chi connectivity index (χ2v) is 8.64. The number of benzene rings is 1. The van der Waals surface area contributed by atoms with Gasteiger partial charge in [-0.25, -0.2) is 4.98 Å². The maximum Gasteiger partial charge on any atom is 0.225 e. The zero-order chi connectivity index (χ0) is 18.1. The van der Waals surface area contributed by atoms with Gasteiger partial charge in [0.1, 0.15) is 0 Å². The molecule has 2 aromatic rings. The first kappa shape index (κ1) is 18.1. The summed E-state index contributed by atoms with van der Waals surface area (Å²) in [5.41, 5.74) is 2.24. The first-order valence-electron chi connectivity index (χ1n) is 8.94. The van der Waals surface area contributed by atoms with Crippen molar-refractivity contribution in [2.24, 2.45) is 0 Å². The van der Waals surface area contributed by atoms with Crippen molar-refractivity contribution in [2.75, 3.05) is 24.6 Å². The molecule has 5 nitrogen and oxygen atoms in total. The molecule has 7 heteroatoms. The summed E-state index contributed by atoms with van der Waals surface area (Å²) in [6.07, 6.45) is 2.27. The maximum absolute atomic E-state index is 11.9. The van der Waals surface area contributed by atoms with Crippen LogP contribution >= 0.6 is 27.3 Å². The van der Waals surface area contributed by atoms with E-state index in [9.17, 15) is 4.79 Å². The number of ether oxygens (including phenoxy) is 1. The standard InChI is InChI=1S/C19H22BrN3O2S/c1-13(24)23(17-6-7-17)19-21-16(12-26-19)10-22-8-9-25-18(11-22)14-2-4-15(20)5-3-14/h2-5,12,17-18H,6-11H2,1H3. The molecule has 1 unspecified atom stereocenters. The Labute approximate surface area is 166 Å². The van der Waals surface area contributed by atoms with Gasteiger partial charge in [0.15, 0.2) is 5.13 Å². The zero-order valence-corrected chi connectivity index (χ0v) is 17.1. The van der Waals surface area contributed by atoms with Crippen LogP contribution in [0.4, 0.5) is 5.13 Å². The second-order valence-electron chi connectivity index (χ2n) is 6.89. The van der Waals surface area contributed by atoms with Gasteiger partial charge in [0, 0.05) is 42.5 Å². The SMILES string of the molecule is CC(=O)N(c1nc(CN2CCOC(c3ccc(Br)cc3)C2)cs1)C1CC1. The normalized spacial score (nSPS) is 20.9. The van der Waals surface area contributed by atoms with E-state index < -0.39 is 0 Å². The Hall–Kier alpha value is -1.28. The van der Waals surface area contributed by atoms with Gasteiger partial charge in [-0.3, -0.25) is 14.6 Å². The van der Waals surface area contributed by atoms with Gasteiger partial charge in [0.25, 0.3) is 0 Å². The molecule has 2 heterocycles. The summed E-state index contributed by atoms with van der Waals surface area (Å²) in [4.78, 5) is 20.9. The largest absolute Gasteiger partial charge is 0.371 e. The Morgan fingerprint density at radius 1 is 1.38 bits per heavy atom. The summed E-state index contributed by atoms with van der Waals surface area (Å²) in [7, 11) is 0. The van der Waals surface area contributed by atoms with Crippen molar-refractivity contribution in [3.63, 3.8) is 0 Å². The molecule has 1 amide bonds. The number of hydrogen-bond acceptors (Lipinski definition) is 5. The fraction of sp³-hybridized carbons (Fsp3) is 0.474. The highest BCUT2D eigenvalue weighted by Crippen LogP contribution is 2.34. The average Bonchev–Trinajstić information content (AvgIpc) is 3.35. The quantitative estimate of drug-likeness (QED) is 0.711. The first-order chi connectivity index (χ1) is 12.6. The lowest BCUT2D eigenvalue weighted by Crippen LogP contribution is -2.38. The van der Waals surface area contributed by atoms with Crippen LogP contribution in [0.3, 0.4) is 0 Å². The van der Waals surface area contributed by atoms with E-state index in [4.69, 9.17) is 9.72 Å². The minimum atomic E-state index is 0.0927. The van der Waals surface area contributed by atoms with Crippen LogP contribution in [0.25, 0.3) is 0 Å².